The quantitative estimate of drug-likeness (QED) is 0.802. The van der Waals surface area contributed by atoms with Gasteiger partial charge in [0.2, 0.25) is 0 Å². The van der Waals surface area contributed by atoms with Gasteiger partial charge in [-0.2, -0.15) is 0 Å². The van der Waals surface area contributed by atoms with Gasteiger partial charge >= 0.3 is 0 Å². The third-order valence-electron chi connectivity index (χ3n) is 3.99. The molecule has 0 amide bonds. The van der Waals surface area contributed by atoms with Crippen molar-refractivity contribution in [3.8, 4) is 0 Å². The summed E-state index contributed by atoms with van der Waals surface area (Å²) in [5, 5.41) is 1.22. The number of nitrogens with zero attached hydrogens (tertiary/aromatic N) is 1. The lowest BCUT2D eigenvalue weighted by molar-refractivity contribution is -0.117. The van der Waals surface area contributed by atoms with Crippen molar-refractivity contribution in [2.24, 2.45) is 5.41 Å². The van der Waals surface area contributed by atoms with Gasteiger partial charge in [0, 0.05) is 24.4 Å². The van der Waals surface area contributed by atoms with Crippen molar-refractivity contribution < 1.29 is 4.79 Å². The van der Waals surface area contributed by atoms with Crippen LogP contribution in [-0.2, 0) is 11.2 Å². The second-order valence-corrected chi connectivity index (χ2v) is 5.69. The van der Waals surface area contributed by atoms with Crippen LogP contribution in [0.1, 0.15) is 31.7 Å². The Morgan fingerprint density at radius 3 is 2.89 bits per heavy atom. The molecule has 18 heavy (non-hydrogen) atoms. The van der Waals surface area contributed by atoms with Crippen molar-refractivity contribution in [3.63, 3.8) is 0 Å². The normalized spacial score (nSPS) is 23.7. The zero-order valence-corrected chi connectivity index (χ0v) is 10.6. The highest BCUT2D eigenvalue weighted by Gasteiger charge is 2.34. The van der Waals surface area contributed by atoms with E-state index in [1.54, 1.807) is 0 Å². The summed E-state index contributed by atoms with van der Waals surface area (Å²) in [7, 11) is 0. The van der Waals surface area contributed by atoms with E-state index in [4.69, 9.17) is 0 Å². The van der Waals surface area contributed by atoms with E-state index < -0.39 is 0 Å². The Balaban J connectivity index is 1.98. The van der Waals surface area contributed by atoms with Crippen LogP contribution in [0.15, 0.2) is 36.5 Å². The van der Waals surface area contributed by atoms with Crippen LogP contribution < -0.4 is 0 Å². The van der Waals surface area contributed by atoms with Gasteiger partial charge < -0.3 is 0 Å². The highest BCUT2D eigenvalue weighted by Crippen LogP contribution is 2.39. The first-order chi connectivity index (χ1) is 8.66. The highest BCUT2D eigenvalue weighted by atomic mass is 16.1. The lowest BCUT2D eigenvalue weighted by Crippen LogP contribution is -2.16. The Kier molecular flexibility index (Phi) is 2.66. The minimum atomic E-state index is 0.140. The van der Waals surface area contributed by atoms with Gasteiger partial charge in [0.25, 0.3) is 0 Å². The maximum atomic E-state index is 11.5. The molecule has 1 atom stereocenters. The molecular formula is C16H17NO. The van der Waals surface area contributed by atoms with Crippen molar-refractivity contribution in [2.75, 3.05) is 0 Å². The van der Waals surface area contributed by atoms with E-state index in [-0.39, 0.29) is 5.41 Å². The van der Waals surface area contributed by atoms with Gasteiger partial charge in [-0.05, 0) is 36.0 Å². The SMILES string of the molecule is CC1(Cc2ccnc3ccccc23)CCC(=O)C1. The molecule has 0 bridgehead atoms. The van der Waals surface area contributed by atoms with Crippen LogP contribution in [-0.4, -0.2) is 10.8 Å². The van der Waals surface area contributed by atoms with E-state index in [9.17, 15) is 4.79 Å². The predicted octanol–water partition coefficient (Wildman–Crippen LogP) is 3.54. The number of hydrogen-bond donors (Lipinski definition) is 0. The fourth-order valence-corrected chi connectivity index (χ4v) is 3.01. The largest absolute Gasteiger partial charge is 0.300 e. The van der Waals surface area contributed by atoms with Crippen LogP contribution in [0.2, 0.25) is 0 Å². The Labute approximate surface area is 107 Å². The van der Waals surface area contributed by atoms with Crippen LogP contribution in [0.3, 0.4) is 0 Å². The molecule has 1 aliphatic carbocycles. The topological polar surface area (TPSA) is 30.0 Å². The van der Waals surface area contributed by atoms with Crippen LogP contribution in [0, 0.1) is 5.41 Å². The fourth-order valence-electron chi connectivity index (χ4n) is 3.01. The Morgan fingerprint density at radius 1 is 1.28 bits per heavy atom. The lowest BCUT2D eigenvalue weighted by atomic mass is 9.81. The molecule has 0 spiro atoms. The van der Waals surface area contributed by atoms with E-state index >= 15 is 0 Å². The fraction of sp³-hybridized carbons (Fsp3) is 0.375. The third kappa shape index (κ3) is 2.03. The monoisotopic (exact) mass is 239 g/mol. The maximum Gasteiger partial charge on any atom is 0.133 e. The predicted molar refractivity (Wildman–Crippen MR) is 72.4 cm³/mol. The summed E-state index contributed by atoms with van der Waals surface area (Å²) in [6.45, 7) is 2.23. The van der Waals surface area contributed by atoms with Crippen molar-refractivity contribution in [3.05, 3.63) is 42.1 Å². The molecule has 3 rings (SSSR count). The number of rotatable bonds is 2. The number of benzene rings is 1. The van der Waals surface area contributed by atoms with Crippen LogP contribution in [0.25, 0.3) is 10.9 Å². The molecule has 1 aliphatic rings. The van der Waals surface area contributed by atoms with Gasteiger partial charge in [-0.3, -0.25) is 9.78 Å². The van der Waals surface area contributed by atoms with Gasteiger partial charge in [0.1, 0.15) is 5.78 Å². The van der Waals surface area contributed by atoms with Gasteiger partial charge in [0.15, 0.2) is 0 Å². The summed E-state index contributed by atoms with van der Waals surface area (Å²) in [5.41, 5.74) is 2.50. The van der Waals surface area contributed by atoms with E-state index in [1.165, 1.54) is 10.9 Å². The number of carbonyl (C=O) groups is 1. The number of Topliss-reactive ketones (excluding diaryl/α,β-unsaturated/α-hetero) is 1. The number of ketones is 1. The van der Waals surface area contributed by atoms with Crippen molar-refractivity contribution in [1.82, 2.24) is 4.98 Å². The number of carbonyl (C=O) groups excluding carboxylic acids is 1. The van der Waals surface area contributed by atoms with Gasteiger partial charge in [-0.15, -0.1) is 0 Å². The zero-order valence-electron chi connectivity index (χ0n) is 10.6. The molecule has 2 aromatic rings. The Bertz CT molecular complexity index is 600. The third-order valence-corrected chi connectivity index (χ3v) is 3.99. The Morgan fingerprint density at radius 2 is 2.11 bits per heavy atom. The number of aromatic nitrogens is 1. The molecule has 1 fully saturated rings. The number of para-hydroxylation sites is 1. The average Bonchev–Trinajstić information content (AvgIpc) is 2.70. The smallest absolute Gasteiger partial charge is 0.133 e. The number of fused-ring (bicyclic) bond motifs is 1. The average molecular weight is 239 g/mol. The molecule has 0 N–H and O–H groups in total. The second-order valence-electron chi connectivity index (χ2n) is 5.69. The molecule has 1 heterocycles. The molecule has 2 nitrogen and oxygen atoms in total. The molecule has 0 saturated heterocycles. The summed E-state index contributed by atoms with van der Waals surface area (Å²) in [5.74, 6) is 0.413. The maximum absolute atomic E-state index is 11.5. The number of hydrogen-bond acceptors (Lipinski definition) is 2. The summed E-state index contributed by atoms with van der Waals surface area (Å²) in [4.78, 5) is 15.9. The molecule has 0 radical (unpaired) electrons. The first kappa shape index (κ1) is 11.4. The van der Waals surface area contributed by atoms with E-state index in [2.05, 4.69) is 30.1 Å². The van der Waals surface area contributed by atoms with Crippen molar-refractivity contribution in [2.45, 2.75) is 32.6 Å². The molecule has 1 aromatic carbocycles. The van der Waals surface area contributed by atoms with Crippen molar-refractivity contribution >= 4 is 16.7 Å². The standard InChI is InChI=1S/C16H17NO/c1-16(8-6-13(18)11-16)10-12-7-9-17-15-5-3-2-4-14(12)15/h2-5,7,9H,6,8,10-11H2,1H3. The first-order valence-electron chi connectivity index (χ1n) is 6.51. The molecule has 1 unspecified atom stereocenters. The van der Waals surface area contributed by atoms with Gasteiger partial charge in [0.05, 0.1) is 5.52 Å². The minimum Gasteiger partial charge on any atom is -0.300 e. The van der Waals surface area contributed by atoms with Gasteiger partial charge in [-0.25, -0.2) is 0 Å². The minimum absolute atomic E-state index is 0.140. The van der Waals surface area contributed by atoms with Crippen molar-refractivity contribution in [1.29, 1.82) is 0 Å². The zero-order chi connectivity index (χ0) is 12.6. The summed E-state index contributed by atoms with van der Waals surface area (Å²) in [6, 6.07) is 10.3. The molecule has 92 valence electrons. The van der Waals surface area contributed by atoms with Crippen LogP contribution in [0.5, 0.6) is 0 Å². The molecule has 1 aromatic heterocycles. The summed E-state index contributed by atoms with van der Waals surface area (Å²) >= 11 is 0. The van der Waals surface area contributed by atoms with Gasteiger partial charge in [-0.1, -0.05) is 25.1 Å². The molecule has 2 heteroatoms. The summed E-state index contributed by atoms with van der Waals surface area (Å²) < 4.78 is 0. The lowest BCUT2D eigenvalue weighted by Gasteiger charge is -2.23. The van der Waals surface area contributed by atoms with E-state index in [0.29, 0.717) is 5.78 Å². The highest BCUT2D eigenvalue weighted by molar-refractivity contribution is 5.83. The number of pyridine rings is 1. The van der Waals surface area contributed by atoms with E-state index in [1.807, 2.05) is 18.3 Å². The van der Waals surface area contributed by atoms with Crippen LogP contribution in [0.4, 0.5) is 0 Å². The van der Waals surface area contributed by atoms with Crippen LogP contribution >= 0.6 is 0 Å². The second kappa shape index (κ2) is 4.20. The Hall–Kier alpha value is -1.70. The van der Waals surface area contributed by atoms with E-state index in [0.717, 1.165) is 31.2 Å². The molecular weight excluding hydrogens is 222 g/mol. The summed E-state index contributed by atoms with van der Waals surface area (Å²) in [6.07, 6.45) is 5.34. The molecule has 1 saturated carbocycles. The first-order valence-corrected chi connectivity index (χ1v) is 6.51. The molecule has 0 aliphatic heterocycles.